The molecule has 2 heterocycles. The topological polar surface area (TPSA) is 16.1 Å². The first-order valence-electron chi connectivity index (χ1n) is 19.1. The molecule has 9 aromatic rings. The Morgan fingerprint density at radius 1 is 0.436 bits per heavy atom. The number of allylic oxidation sites excluding steroid dienone is 4. The maximum absolute atomic E-state index is 4.99. The lowest BCUT2D eigenvalue weighted by molar-refractivity contribution is 0.806. The monoisotopic (exact) mass is 700 g/mol. The number of aromatic nitrogens is 1. The molecule has 8 aromatic carbocycles. The molecule has 0 spiro atoms. The minimum Gasteiger partial charge on any atom is -0.312 e. The smallest absolute Gasteiger partial charge is 0.0736 e. The van der Waals surface area contributed by atoms with E-state index in [4.69, 9.17) is 4.98 Å². The molecule has 1 aliphatic carbocycles. The molecule has 0 bridgehead atoms. The van der Waals surface area contributed by atoms with Crippen molar-refractivity contribution in [1.29, 1.82) is 0 Å². The number of nitrogens with zero attached hydrogens (tertiary/aromatic N) is 2. The number of para-hydroxylation sites is 1. The molecule has 1 aliphatic heterocycles. The van der Waals surface area contributed by atoms with Gasteiger partial charge in [0, 0.05) is 23.5 Å². The quantitative estimate of drug-likeness (QED) is 0.166. The highest BCUT2D eigenvalue weighted by molar-refractivity contribution is 6.22. The highest BCUT2D eigenvalue weighted by Crippen LogP contribution is 2.52. The van der Waals surface area contributed by atoms with Gasteiger partial charge < -0.3 is 4.90 Å². The summed E-state index contributed by atoms with van der Waals surface area (Å²) in [5.74, 6) is 0.170. The average molecular weight is 701 g/mol. The van der Waals surface area contributed by atoms with Crippen molar-refractivity contribution in [3.8, 4) is 33.4 Å². The third-order valence-corrected chi connectivity index (χ3v) is 11.6. The molecular formula is C53H36N2. The van der Waals surface area contributed by atoms with E-state index in [2.05, 4.69) is 199 Å². The van der Waals surface area contributed by atoms with Gasteiger partial charge in [0.25, 0.3) is 0 Å². The van der Waals surface area contributed by atoms with E-state index in [1.807, 2.05) is 6.20 Å². The highest BCUT2D eigenvalue weighted by Gasteiger charge is 2.37. The molecule has 2 heteroatoms. The molecule has 1 aromatic heterocycles. The van der Waals surface area contributed by atoms with Crippen molar-refractivity contribution >= 4 is 49.3 Å². The first-order valence-corrected chi connectivity index (χ1v) is 19.1. The molecule has 0 saturated carbocycles. The SMILES string of the molecule is C1=C(c2cc(-c3ccccc3)cc(-c3c4ccccc4c(-c4ccc5ccccc5c4)c4ccccc34)c2)CC2C(=C1)N(c1ccccc1)c1cccnc12. The van der Waals surface area contributed by atoms with Crippen LogP contribution in [0.2, 0.25) is 0 Å². The first-order chi connectivity index (χ1) is 27.3. The Morgan fingerprint density at radius 2 is 1.04 bits per heavy atom. The zero-order valence-electron chi connectivity index (χ0n) is 30.2. The van der Waals surface area contributed by atoms with Crippen molar-refractivity contribution in [2.45, 2.75) is 12.3 Å². The van der Waals surface area contributed by atoms with E-state index in [0.717, 1.165) is 12.1 Å². The Labute approximate surface area is 321 Å². The largest absolute Gasteiger partial charge is 0.312 e. The van der Waals surface area contributed by atoms with Crippen LogP contribution in [0.3, 0.4) is 0 Å². The van der Waals surface area contributed by atoms with E-state index >= 15 is 0 Å². The van der Waals surface area contributed by atoms with Crippen molar-refractivity contribution in [1.82, 2.24) is 4.98 Å². The molecule has 11 rings (SSSR count). The molecule has 55 heavy (non-hydrogen) atoms. The minimum atomic E-state index is 0.170. The molecule has 2 aliphatic rings. The second-order valence-electron chi connectivity index (χ2n) is 14.7. The molecule has 0 fully saturated rings. The summed E-state index contributed by atoms with van der Waals surface area (Å²) in [5.41, 5.74) is 14.8. The van der Waals surface area contributed by atoms with Crippen LogP contribution in [0, 0.1) is 0 Å². The molecule has 0 amide bonds. The number of rotatable bonds is 5. The van der Waals surface area contributed by atoms with Crippen LogP contribution < -0.4 is 4.90 Å². The van der Waals surface area contributed by atoms with Crippen molar-refractivity contribution in [3.63, 3.8) is 0 Å². The number of hydrogen-bond acceptors (Lipinski definition) is 2. The zero-order valence-corrected chi connectivity index (χ0v) is 30.2. The van der Waals surface area contributed by atoms with Crippen LogP contribution in [0.15, 0.2) is 206 Å². The second kappa shape index (κ2) is 12.8. The van der Waals surface area contributed by atoms with Crippen molar-refractivity contribution in [2.75, 3.05) is 4.90 Å². The number of benzene rings is 8. The second-order valence-corrected chi connectivity index (χ2v) is 14.7. The summed E-state index contributed by atoms with van der Waals surface area (Å²) in [6, 6.07) is 66.5. The molecule has 0 saturated heterocycles. The van der Waals surface area contributed by atoms with E-state index < -0.39 is 0 Å². The van der Waals surface area contributed by atoms with Crippen molar-refractivity contribution < 1.29 is 0 Å². The summed E-state index contributed by atoms with van der Waals surface area (Å²) in [6.07, 6.45) is 7.49. The molecule has 1 unspecified atom stereocenters. The summed E-state index contributed by atoms with van der Waals surface area (Å²) in [4.78, 5) is 7.38. The minimum absolute atomic E-state index is 0.170. The summed E-state index contributed by atoms with van der Waals surface area (Å²) in [5, 5.41) is 7.54. The zero-order chi connectivity index (χ0) is 36.3. The molecule has 258 valence electrons. The Morgan fingerprint density at radius 3 is 1.76 bits per heavy atom. The third kappa shape index (κ3) is 5.21. The summed E-state index contributed by atoms with van der Waals surface area (Å²) in [6.45, 7) is 0. The molecule has 2 nitrogen and oxygen atoms in total. The summed E-state index contributed by atoms with van der Waals surface area (Å²) < 4.78 is 0. The van der Waals surface area contributed by atoms with E-state index in [-0.39, 0.29) is 5.92 Å². The van der Waals surface area contributed by atoms with Gasteiger partial charge in [0.05, 0.1) is 11.4 Å². The van der Waals surface area contributed by atoms with Gasteiger partial charge in [-0.05, 0) is 138 Å². The van der Waals surface area contributed by atoms with Crippen LogP contribution >= 0.6 is 0 Å². The molecule has 1 atom stereocenters. The number of anilines is 2. The number of fused-ring (bicyclic) bond motifs is 6. The van der Waals surface area contributed by atoms with Crippen LogP contribution in [0.5, 0.6) is 0 Å². The van der Waals surface area contributed by atoms with Crippen LogP contribution in [-0.2, 0) is 0 Å². The van der Waals surface area contributed by atoms with Gasteiger partial charge in [0.1, 0.15) is 0 Å². The summed E-state index contributed by atoms with van der Waals surface area (Å²) >= 11 is 0. The fraction of sp³-hybridized carbons (Fsp3) is 0.0377. The van der Waals surface area contributed by atoms with Gasteiger partial charge in [0.15, 0.2) is 0 Å². The van der Waals surface area contributed by atoms with Gasteiger partial charge in [0.2, 0.25) is 0 Å². The lowest BCUT2D eigenvalue weighted by atomic mass is 9.82. The van der Waals surface area contributed by atoms with Gasteiger partial charge in [-0.1, -0.05) is 140 Å². The Hall–Kier alpha value is -7.03. The van der Waals surface area contributed by atoms with Gasteiger partial charge in [-0.15, -0.1) is 0 Å². The lowest BCUT2D eigenvalue weighted by Gasteiger charge is -2.26. The Bertz CT molecular complexity index is 2950. The number of hydrogen-bond donors (Lipinski definition) is 0. The molecule has 0 N–H and O–H groups in total. The van der Waals surface area contributed by atoms with Crippen LogP contribution in [0.1, 0.15) is 23.6 Å². The van der Waals surface area contributed by atoms with Gasteiger partial charge in [-0.2, -0.15) is 0 Å². The highest BCUT2D eigenvalue weighted by atomic mass is 15.2. The van der Waals surface area contributed by atoms with Crippen LogP contribution in [0.25, 0.3) is 71.3 Å². The standard InChI is InChI=1S/C53H36N2/c1-3-14-35(15-4-1)40-31-41(38-27-28-49-48(34-38)53-50(24-13-29-54-53)55(49)43-18-5-2-6-19-43)33-42(32-40)52-46-22-11-9-20-44(46)51(45-21-10-12-23-47(45)52)39-26-25-36-16-7-8-17-37(36)30-39/h1-33,48H,34H2. The Kier molecular flexibility index (Phi) is 7.34. The summed E-state index contributed by atoms with van der Waals surface area (Å²) in [7, 11) is 0. The molecular weight excluding hydrogens is 665 g/mol. The lowest BCUT2D eigenvalue weighted by Crippen LogP contribution is -2.15. The normalized spacial score (nSPS) is 14.8. The van der Waals surface area contributed by atoms with E-state index in [9.17, 15) is 0 Å². The van der Waals surface area contributed by atoms with Crippen LogP contribution in [0.4, 0.5) is 11.4 Å². The third-order valence-electron chi connectivity index (χ3n) is 11.6. The predicted octanol–water partition coefficient (Wildman–Crippen LogP) is 14.1. The van der Waals surface area contributed by atoms with E-state index in [1.165, 1.54) is 93.9 Å². The van der Waals surface area contributed by atoms with Gasteiger partial charge in [-0.25, -0.2) is 0 Å². The maximum atomic E-state index is 4.99. The Balaban J connectivity index is 1.13. The van der Waals surface area contributed by atoms with Crippen molar-refractivity contribution in [3.05, 3.63) is 217 Å². The predicted molar refractivity (Wildman–Crippen MR) is 232 cm³/mol. The van der Waals surface area contributed by atoms with Gasteiger partial charge in [-0.3, -0.25) is 4.98 Å². The van der Waals surface area contributed by atoms with Crippen LogP contribution in [-0.4, -0.2) is 4.98 Å². The average Bonchev–Trinajstić information content (AvgIpc) is 3.59. The molecule has 0 radical (unpaired) electrons. The van der Waals surface area contributed by atoms with Crippen molar-refractivity contribution in [2.24, 2.45) is 0 Å². The first kappa shape index (κ1) is 31.5. The fourth-order valence-corrected chi connectivity index (χ4v) is 9.10. The fourth-order valence-electron chi connectivity index (χ4n) is 9.10. The van der Waals surface area contributed by atoms with E-state index in [1.54, 1.807) is 0 Å². The van der Waals surface area contributed by atoms with Gasteiger partial charge >= 0.3 is 0 Å². The van der Waals surface area contributed by atoms with E-state index in [0.29, 0.717) is 0 Å². The maximum Gasteiger partial charge on any atom is 0.0736 e. The number of pyridine rings is 1.